The Labute approximate surface area is 409 Å². The molecule has 5 heteroatoms. The van der Waals surface area contributed by atoms with Crippen LogP contribution in [0, 0.1) is 33.9 Å². The van der Waals surface area contributed by atoms with E-state index in [1.807, 2.05) is 6.20 Å². The van der Waals surface area contributed by atoms with Gasteiger partial charge in [0.15, 0.2) is 0 Å². The van der Waals surface area contributed by atoms with Gasteiger partial charge in [0.05, 0.1) is 28.0 Å². The molecule has 10 aromatic rings. The van der Waals surface area contributed by atoms with Crippen molar-refractivity contribution in [1.82, 2.24) is 14.5 Å². The first-order valence-electron chi connectivity index (χ1n) is 22.6. The van der Waals surface area contributed by atoms with Crippen molar-refractivity contribution in [3.63, 3.8) is 0 Å². The quantitative estimate of drug-likeness (QED) is 0.135. The summed E-state index contributed by atoms with van der Waals surface area (Å²) in [6.45, 7) is 13.2. The van der Waals surface area contributed by atoms with Gasteiger partial charge in [0.25, 0.3) is 0 Å². The Morgan fingerprint density at radius 1 is 0.522 bits per heavy atom. The monoisotopic (exact) mass is 1050 g/mol. The van der Waals surface area contributed by atoms with Crippen molar-refractivity contribution in [1.29, 1.82) is 0 Å². The average molecular weight is 1050 g/mol. The Kier molecular flexibility index (Phi) is 12.5. The van der Waals surface area contributed by atoms with E-state index >= 15 is 0 Å². The molecule has 0 fully saturated rings. The number of aryl methyl sites for hydroxylation is 3. The molecule has 0 N–H and O–H groups in total. The van der Waals surface area contributed by atoms with E-state index in [0.717, 1.165) is 101 Å². The summed E-state index contributed by atoms with van der Waals surface area (Å²) in [6.07, 6.45) is 1.90. The van der Waals surface area contributed by atoms with Crippen molar-refractivity contribution in [3.8, 4) is 89.7 Å². The predicted molar refractivity (Wildman–Crippen MR) is 275 cm³/mol. The summed E-state index contributed by atoms with van der Waals surface area (Å²) < 4.78 is 8.36. The van der Waals surface area contributed by atoms with Gasteiger partial charge in [-0.1, -0.05) is 183 Å². The number of fused-ring (bicyclic) bond motifs is 1. The van der Waals surface area contributed by atoms with Crippen LogP contribution in [-0.4, -0.2) is 14.5 Å². The largest absolute Gasteiger partial charge is 2.00 e. The van der Waals surface area contributed by atoms with E-state index in [0.29, 0.717) is 5.75 Å². The molecule has 0 amide bonds. The van der Waals surface area contributed by atoms with E-state index in [9.17, 15) is 0 Å². The summed E-state index contributed by atoms with van der Waals surface area (Å²) in [5.41, 5.74) is 20.7. The summed E-state index contributed by atoms with van der Waals surface area (Å²) in [6, 6.07) is 68.7. The van der Waals surface area contributed by atoms with Crippen molar-refractivity contribution in [2.45, 2.75) is 47.0 Å². The van der Waals surface area contributed by atoms with Crippen LogP contribution in [0.5, 0.6) is 5.75 Å². The summed E-state index contributed by atoms with van der Waals surface area (Å²) in [7, 11) is 3.97. The zero-order chi connectivity index (χ0) is 45.5. The van der Waals surface area contributed by atoms with Crippen LogP contribution in [0.3, 0.4) is 0 Å². The summed E-state index contributed by atoms with van der Waals surface area (Å²) in [5, 5.41) is 0. The molecule has 4 nitrogen and oxygen atoms in total. The van der Waals surface area contributed by atoms with Gasteiger partial charge in [-0.15, -0.1) is 23.8 Å². The first kappa shape index (κ1) is 45.0. The van der Waals surface area contributed by atoms with Gasteiger partial charge in [0.2, 0.25) is 0 Å². The van der Waals surface area contributed by atoms with Gasteiger partial charge in [-0.25, -0.2) is 4.98 Å². The Morgan fingerprint density at radius 3 is 1.81 bits per heavy atom. The third kappa shape index (κ3) is 8.83. The van der Waals surface area contributed by atoms with Gasteiger partial charge < -0.3 is 4.74 Å². The molecule has 2 heterocycles. The van der Waals surface area contributed by atoms with Crippen molar-refractivity contribution in [2.24, 2.45) is 0 Å². The van der Waals surface area contributed by atoms with Crippen LogP contribution < -0.4 is 4.74 Å². The molecule has 10 rings (SSSR count). The first-order chi connectivity index (χ1) is 32.0. The molecule has 0 atom stereocenters. The SMILES string of the molecule is [CH2-]Oc1c(C)cc(C)cc1-c1nc2c(-c3[c-]c(-c4cc(-c5ccc(C)cc5)ccn4)cc(-c4ccccc4)c3)cccc2n1-c1cc(-c2ccccc2)c(C(C)(C)C)cc1-c1ccccc1.[Pt+2]. The molecule has 67 heavy (non-hydrogen) atoms. The number of hydrogen-bond acceptors (Lipinski definition) is 3. The van der Waals surface area contributed by atoms with Gasteiger partial charge in [-0.2, -0.15) is 7.11 Å². The van der Waals surface area contributed by atoms with E-state index in [2.05, 4.69) is 241 Å². The maximum Gasteiger partial charge on any atom is 2.00 e. The first-order valence-corrected chi connectivity index (χ1v) is 22.6. The normalized spacial score (nSPS) is 11.4. The fourth-order valence-corrected chi connectivity index (χ4v) is 9.31. The number of para-hydroxylation sites is 1. The second-order valence-corrected chi connectivity index (χ2v) is 18.3. The van der Waals surface area contributed by atoms with Crippen molar-refractivity contribution in [3.05, 3.63) is 224 Å². The molecule has 0 saturated carbocycles. The van der Waals surface area contributed by atoms with Crippen LogP contribution in [-0.2, 0) is 26.5 Å². The minimum absolute atomic E-state index is 0. The number of imidazole rings is 1. The zero-order valence-electron chi connectivity index (χ0n) is 38.7. The zero-order valence-corrected chi connectivity index (χ0v) is 40.9. The van der Waals surface area contributed by atoms with E-state index in [4.69, 9.17) is 14.7 Å². The van der Waals surface area contributed by atoms with Crippen molar-refractivity contribution in [2.75, 3.05) is 0 Å². The van der Waals surface area contributed by atoms with Gasteiger partial charge in [-0.3, -0.25) is 9.55 Å². The Morgan fingerprint density at radius 2 is 1.15 bits per heavy atom. The number of nitrogens with zero attached hydrogens (tertiary/aromatic N) is 3. The molecular weight excluding hydrogens is 998 g/mol. The maximum absolute atomic E-state index is 6.02. The van der Waals surface area contributed by atoms with E-state index in [-0.39, 0.29) is 26.5 Å². The number of aromatic nitrogens is 3. The topological polar surface area (TPSA) is 39.9 Å². The standard InChI is InChI=1S/C62H51N3O.Pt/c1-40-26-28-44(29-27-40)47-30-31-63-56(37-47)50-35-48(43-18-11-8-12-19-43)34-49(36-50)51-24-17-25-57-59(51)64-61(54-33-41(2)32-42(3)60(54)66-7)65(57)58-39-52(45-20-13-9-14-21-45)55(62(4,5)6)38-53(58)46-22-15-10-16-23-46;/h8-35,37-39H,7H2,1-6H3;/q-2;+2. The summed E-state index contributed by atoms with van der Waals surface area (Å²) in [4.78, 5) is 10.7. The Bertz CT molecular complexity index is 3390. The molecule has 2 aromatic heterocycles. The molecule has 0 unspecified atom stereocenters. The minimum atomic E-state index is -0.158. The van der Waals surface area contributed by atoms with Crippen LogP contribution in [0.2, 0.25) is 0 Å². The van der Waals surface area contributed by atoms with Gasteiger partial charge in [0, 0.05) is 17.5 Å². The third-order valence-corrected chi connectivity index (χ3v) is 12.5. The van der Waals surface area contributed by atoms with E-state index in [1.165, 1.54) is 16.7 Å². The molecule has 0 aliphatic heterocycles. The van der Waals surface area contributed by atoms with Crippen LogP contribution in [0.1, 0.15) is 43.0 Å². The van der Waals surface area contributed by atoms with Crippen LogP contribution in [0.15, 0.2) is 188 Å². The van der Waals surface area contributed by atoms with Gasteiger partial charge in [-0.05, 0) is 107 Å². The summed E-state index contributed by atoms with van der Waals surface area (Å²) >= 11 is 0. The molecule has 0 saturated heterocycles. The smallest absolute Gasteiger partial charge is 0.665 e. The molecule has 0 aliphatic carbocycles. The summed E-state index contributed by atoms with van der Waals surface area (Å²) in [5.74, 6) is 1.45. The van der Waals surface area contributed by atoms with Crippen LogP contribution >= 0.6 is 0 Å². The molecular formula is C62H51N3OPt. The second kappa shape index (κ2) is 18.6. The predicted octanol–water partition coefficient (Wildman–Crippen LogP) is 16.3. The number of ether oxygens (including phenoxy) is 1. The minimum Gasteiger partial charge on any atom is -0.665 e. The van der Waals surface area contributed by atoms with E-state index < -0.39 is 0 Å². The van der Waals surface area contributed by atoms with Crippen LogP contribution in [0.4, 0.5) is 0 Å². The molecule has 0 bridgehead atoms. The molecule has 330 valence electrons. The Hall–Kier alpha value is -7.13. The maximum atomic E-state index is 6.02. The van der Waals surface area contributed by atoms with E-state index in [1.54, 1.807) is 0 Å². The van der Waals surface area contributed by atoms with Gasteiger partial charge >= 0.3 is 21.1 Å². The van der Waals surface area contributed by atoms with Crippen molar-refractivity contribution < 1.29 is 25.8 Å². The average Bonchev–Trinajstić information content (AvgIpc) is 3.74. The number of rotatable bonds is 9. The second-order valence-electron chi connectivity index (χ2n) is 18.3. The molecule has 0 radical (unpaired) electrons. The fraction of sp³-hybridized carbons (Fsp3) is 0.113. The van der Waals surface area contributed by atoms with Crippen molar-refractivity contribution >= 4 is 11.0 Å². The molecule has 0 aliphatic rings. The van der Waals surface area contributed by atoms with Crippen LogP contribution in [0.25, 0.3) is 95.0 Å². The number of pyridine rings is 1. The number of benzene rings is 8. The number of hydrogen-bond donors (Lipinski definition) is 0. The molecule has 0 spiro atoms. The fourth-order valence-electron chi connectivity index (χ4n) is 9.31. The van der Waals surface area contributed by atoms with Gasteiger partial charge in [0.1, 0.15) is 5.82 Å². The molecule has 8 aromatic carbocycles. The Balaban J connectivity index is 0.00000562. The third-order valence-electron chi connectivity index (χ3n) is 12.5.